The van der Waals surface area contributed by atoms with Gasteiger partial charge in [0.1, 0.15) is 5.65 Å². The molecule has 5 heteroatoms. The van der Waals surface area contributed by atoms with E-state index in [1.165, 1.54) is 5.56 Å². The van der Waals surface area contributed by atoms with E-state index in [9.17, 15) is 9.90 Å². The molecule has 2 aromatic heterocycles. The minimum atomic E-state index is -0.880. The molecule has 0 bridgehead atoms. The first-order valence-corrected chi connectivity index (χ1v) is 8.52. The van der Waals surface area contributed by atoms with Crippen LogP contribution >= 0.6 is 0 Å². The molecule has 1 aromatic carbocycles. The van der Waals surface area contributed by atoms with Gasteiger partial charge in [-0.25, -0.2) is 4.98 Å². The van der Waals surface area contributed by atoms with Crippen LogP contribution < -0.4 is 0 Å². The molecule has 3 rings (SSSR count). The third-order valence-electron chi connectivity index (χ3n) is 4.27. The molecule has 2 N–H and O–H groups in total. The number of pyridine rings is 1. The number of nitrogens with one attached hydrogen (secondary N) is 1. The van der Waals surface area contributed by atoms with Crippen LogP contribution in [0, 0.1) is 0 Å². The standard InChI is InChI=1S/C20H22N2O3/c1-3-13-11-21-20-17(13)9-16(12-22-20)14-6-5-7-15(8-14)18(23)10-19(24)25-4-2/h5-9,11-12,18,23H,3-4,10H2,1-2H3,(H,21,22). The number of fused-ring (bicyclic) bond motifs is 1. The predicted octanol–water partition coefficient (Wildman–Crippen LogP) is 3.78. The van der Waals surface area contributed by atoms with Crippen LogP contribution in [0.5, 0.6) is 0 Å². The second kappa shape index (κ2) is 7.49. The van der Waals surface area contributed by atoms with Crippen molar-refractivity contribution in [1.82, 2.24) is 9.97 Å². The smallest absolute Gasteiger partial charge is 0.308 e. The van der Waals surface area contributed by atoms with Gasteiger partial charge in [-0.05, 0) is 42.2 Å². The summed E-state index contributed by atoms with van der Waals surface area (Å²) in [5.74, 6) is -0.400. The van der Waals surface area contributed by atoms with Gasteiger partial charge in [0.25, 0.3) is 0 Å². The Bertz CT molecular complexity index is 886. The topological polar surface area (TPSA) is 75.2 Å². The van der Waals surface area contributed by atoms with Crippen molar-refractivity contribution in [2.24, 2.45) is 0 Å². The Morgan fingerprint density at radius 1 is 1.28 bits per heavy atom. The molecule has 3 aromatic rings. The number of benzene rings is 1. The minimum absolute atomic E-state index is 0.0492. The number of carbonyl (C=O) groups excluding carboxylic acids is 1. The molecular weight excluding hydrogens is 316 g/mol. The van der Waals surface area contributed by atoms with Crippen LogP contribution in [-0.4, -0.2) is 27.7 Å². The van der Waals surface area contributed by atoms with Gasteiger partial charge in [-0.15, -0.1) is 0 Å². The number of aromatic nitrogens is 2. The zero-order valence-electron chi connectivity index (χ0n) is 14.5. The third-order valence-corrected chi connectivity index (χ3v) is 4.27. The average molecular weight is 338 g/mol. The first-order chi connectivity index (χ1) is 12.1. The van der Waals surface area contributed by atoms with Gasteiger partial charge in [-0.3, -0.25) is 4.79 Å². The second-order valence-corrected chi connectivity index (χ2v) is 5.94. The summed E-state index contributed by atoms with van der Waals surface area (Å²) >= 11 is 0. The quantitative estimate of drug-likeness (QED) is 0.671. The number of hydrogen-bond donors (Lipinski definition) is 2. The van der Waals surface area contributed by atoms with Gasteiger partial charge >= 0.3 is 5.97 Å². The fraction of sp³-hybridized carbons (Fsp3) is 0.300. The monoisotopic (exact) mass is 338 g/mol. The Labute approximate surface area is 146 Å². The van der Waals surface area contributed by atoms with Crippen LogP contribution in [-0.2, 0) is 16.0 Å². The number of aliphatic hydroxyl groups is 1. The SMILES string of the molecule is CCOC(=O)CC(O)c1cccc(-c2cnc3[nH]cc(CC)c3c2)c1. The molecule has 0 aliphatic heterocycles. The molecule has 1 atom stereocenters. The number of carbonyl (C=O) groups is 1. The van der Waals surface area contributed by atoms with E-state index in [4.69, 9.17) is 4.74 Å². The van der Waals surface area contributed by atoms with Gasteiger partial charge in [0.15, 0.2) is 0 Å². The normalized spacial score (nSPS) is 12.3. The molecule has 0 radical (unpaired) electrons. The fourth-order valence-corrected chi connectivity index (χ4v) is 2.93. The van der Waals surface area contributed by atoms with Crippen LogP contribution in [0.25, 0.3) is 22.2 Å². The minimum Gasteiger partial charge on any atom is -0.466 e. The molecule has 0 aliphatic carbocycles. The van der Waals surface area contributed by atoms with Crippen LogP contribution in [0.1, 0.15) is 37.5 Å². The first kappa shape index (κ1) is 17.2. The lowest BCUT2D eigenvalue weighted by atomic mass is 9.99. The van der Waals surface area contributed by atoms with Crippen molar-refractivity contribution in [3.05, 3.63) is 53.9 Å². The van der Waals surface area contributed by atoms with Gasteiger partial charge in [0.05, 0.1) is 19.1 Å². The zero-order valence-corrected chi connectivity index (χ0v) is 14.5. The highest BCUT2D eigenvalue weighted by Gasteiger charge is 2.15. The van der Waals surface area contributed by atoms with Crippen molar-refractivity contribution in [3.8, 4) is 11.1 Å². The second-order valence-electron chi connectivity index (χ2n) is 5.94. The Morgan fingerprint density at radius 3 is 2.88 bits per heavy atom. The Hall–Kier alpha value is -2.66. The van der Waals surface area contributed by atoms with Crippen LogP contribution in [0.3, 0.4) is 0 Å². The molecule has 0 saturated carbocycles. The summed E-state index contributed by atoms with van der Waals surface area (Å²) in [6.07, 6.45) is 3.81. The summed E-state index contributed by atoms with van der Waals surface area (Å²) in [4.78, 5) is 19.2. The number of ether oxygens (including phenoxy) is 1. The Balaban J connectivity index is 1.89. The van der Waals surface area contributed by atoms with Crippen molar-refractivity contribution in [1.29, 1.82) is 0 Å². The van der Waals surface area contributed by atoms with E-state index in [0.29, 0.717) is 12.2 Å². The van der Waals surface area contributed by atoms with Gasteiger partial charge in [0, 0.05) is 23.3 Å². The highest BCUT2D eigenvalue weighted by Crippen LogP contribution is 2.28. The largest absolute Gasteiger partial charge is 0.466 e. The van der Waals surface area contributed by atoms with Crippen molar-refractivity contribution < 1.29 is 14.6 Å². The van der Waals surface area contributed by atoms with Crippen molar-refractivity contribution in [2.45, 2.75) is 32.8 Å². The number of aryl methyl sites for hydroxylation is 1. The number of aliphatic hydroxyl groups excluding tert-OH is 1. The van der Waals surface area contributed by atoms with E-state index in [-0.39, 0.29) is 6.42 Å². The highest BCUT2D eigenvalue weighted by molar-refractivity contribution is 5.84. The molecule has 0 spiro atoms. The number of esters is 1. The van der Waals surface area contributed by atoms with Gasteiger partial charge in [-0.1, -0.05) is 25.1 Å². The number of rotatable bonds is 6. The first-order valence-electron chi connectivity index (χ1n) is 8.52. The lowest BCUT2D eigenvalue weighted by Gasteiger charge is -2.12. The fourth-order valence-electron chi connectivity index (χ4n) is 2.93. The van der Waals surface area contributed by atoms with Gasteiger partial charge < -0.3 is 14.8 Å². The van der Waals surface area contributed by atoms with Crippen molar-refractivity contribution in [3.63, 3.8) is 0 Å². The summed E-state index contributed by atoms with van der Waals surface area (Å²) in [6.45, 7) is 4.18. The van der Waals surface area contributed by atoms with Crippen molar-refractivity contribution >= 4 is 17.0 Å². The van der Waals surface area contributed by atoms with E-state index >= 15 is 0 Å². The average Bonchev–Trinajstić information content (AvgIpc) is 3.04. The van der Waals surface area contributed by atoms with E-state index in [2.05, 4.69) is 23.0 Å². The summed E-state index contributed by atoms with van der Waals surface area (Å²) < 4.78 is 4.90. The van der Waals surface area contributed by atoms with Crippen LogP contribution in [0.15, 0.2) is 42.7 Å². The highest BCUT2D eigenvalue weighted by atomic mass is 16.5. The molecule has 0 fully saturated rings. The molecular formula is C20H22N2O3. The zero-order chi connectivity index (χ0) is 17.8. The number of aromatic amines is 1. The van der Waals surface area contributed by atoms with E-state index < -0.39 is 12.1 Å². The lowest BCUT2D eigenvalue weighted by Crippen LogP contribution is -2.10. The lowest BCUT2D eigenvalue weighted by molar-refractivity contribution is -0.145. The maximum atomic E-state index is 11.6. The van der Waals surface area contributed by atoms with E-state index in [1.807, 2.05) is 36.7 Å². The van der Waals surface area contributed by atoms with E-state index in [1.54, 1.807) is 6.92 Å². The molecule has 0 amide bonds. The molecule has 25 heavy (non-hydrogen) atoms. The molecule has 0 aliphatic rings. The maximum Gasteiger partial charge on any atom is 0.308 e. The van der Waals surface area contributed by atoms with Crippen LogP contribution in [0.2, 0.25) is 0 Å². The summed E-state index contributed by atoms with van der Waals surface area (Å²) in [7, 11) is 0. The van der Waals surface area contributed by atoms with Gasteiger partial charge in [0.2, 0.25) is 0 Å². The summed E-state index contributed by atoms with van der Waals surface area (Å²) in [5.41, 5.74) is 4.72. The molecule has 130 valence electrons. The molecule has 1 unspecified atom stereocenters. The Kier molecular flexibility index (Phi) is 5.14. The van der Waals surface area contributed by atoms with E-state index in [0.717, 1.165) is 28.6 Å². The summed E-state index contributed by atoms with van der Waals surface area (Å²) in [5, 5.41) is 11.4. The number of nitrogens with zero attached hydrogens (tertiary/aromatic N) is 1. The number of H-pyrrole nitrogens is 1. The Morgan fingerprint density at radius 2 is 2.12 bits per heavy atom. The molecule has 2 heterocycles. The van der Waals surface area contributed by atoms with Crippen molar-refractivity contribution in [2.75, 3.05) is 6.61 Å². The maximum absolute atomic E-state index is 11.6. The molecule has 5 nitrogen and oxygen atoms in total. The molecule has 0 saturated heterocycles. The number of hydrogen-bond acceptors (Lipinski definition) is 4. The van der Waals surface area contributed by atoms with Gasteiger partial charge in [-0.2, -0.15) is 0 Å². The third kappa shape index (κ3) is 3.72. The van der Waals surface area contributed by atoms with Crippen LogP contribution in [0.4, 0.5) is 0 Å². The predicted molar refractivity (Wildman–Crippen MR) is 97.1 cm³/mol. The summed E-state index contributed by atoms with van der Waals surface area (Å²) in [6, 6.07) is 9.66.